The Morgan fingerprint density at radius 3 is 2.48 bits per heavy atom. The van der Waals surface area contributed by atoms with Gasteiger partial charge in [0.05, 0.1) is 12.8 Å². The fourth-order valence-electron chi connectivity index (χ4n) is 1.21. The van der Waals surface area contributed by atoms with Gasteiger partial charge in [0.15, 0.2) is 0 Å². The fourth-order valence-corrected chi connectivity index (χ4v) is 2.23. The van der Waals surface area contributed by atoms with Crippen molar-refractivity contribution in [3.8, 4) is 0 Å². The lowest BCUT2D eigenvalue weighted by molar-refractivity contribution is 0.0601. The van der Waals surface area contributed by atoms with Crippen LogP contribution in [0.2, 0.25) is 15.2 Å². The van der Waals surface area contributed by atoms with E-state index in [0.717, 1.165) is 9.50 Å². The second kappa shape index (κ2) is 8.44. The zero-order chi connectivity index (χ0) is 16.0. The van der Waals surface area contributed by atoms with Crippen molar-refractivity contribution in [2.24, 2.45) is 0 Å². The Labute approximate surface area is 145 Å². The molecule has 0 fully saturated rings. The molecule has 1 aromatic heterocycles. The Morgan fingerprint density at radius 2 is 2.00 bits per heavy atom. The number of ether oxygens (including phenoxy) is 1. The summed E-state index contributed by atoms with van der Waals surface area (Å²) in [6.07, 6.45) is 1.22. The minimum Gasteiger partial charge on any atom is -0.465 e. The maximum Gasteiger partial charge on any atom is 0.341 e. The van der Waals surface area contributed by atoms with E-state index in [1.165, 1.54) is 13.3 Å². The third kappa shape index (κ3) is 5.36. The van der Waals surface area contributed by atoms with E-state index in [9.17, 15) is 4.79 Å². The standard InChI is InChI=1S/C7H6Cl2N2O2.C6H4BrCl/c1-13-7(12)3-2-11-6(9)4(8)5(3)10;7-5-2-1-3-6(8)4-5/h2H,1H3,(H2,10,11);1-4H. The van der Waals surface area contributed by atoms with Gasteiger partial charge in [-0.15, -0.1) is 0 Å². The molecule has 0 radical (unpaired) electrons. The maximum atomic E-state index is 11.1. The van der Waals surface area contributed by atoms with E-state index >= 15 is 0 Å². The average molecular weight is 412 g/mol. The summed E-state index contributed by atoms with van der Waals surface area (Å²) in [5, 5.41) is 0.885. The fraction of sp³-hybridized carbons (Fsp3) is 0.0769. The molecule has 21 heavy (non-hydrogen) atoms. The molecule has 0 spiro atoms. The highest BCUT2D eigenvalue weighted by Crippen LogP contribution is 2.28. The van der Waals surface area contributed by atoms with Crippen molar-refractivity contribution in [1.29, 1.82) is 0 Å². The van der Waals surface area contributed by atoms with Crippen LogP contribution in [0, 0.1) is 0 Å². The Kier molecular flexibility index (Phi) is 7.25. The first kappa shape index (κ1) is 18.0. The van der Waals surface area contributed by atoms with Crippen LogP contribution in [0.4, 0.5) is 5.69 Å². The molecule has 1 heterocycles. The topological polar surface area (TPSA) is 65.2 Å². The Morgan fingerprint density at radius 1 is 1.33 bits per heavy atom. The minimum absolute atomic E-state index is 0.0598. The van der Waals surface area contributed by atoms with Crippen LogP contribution in [-0.4, -0.2) is 18.1 Å². The lowest BCUT2D eigenvalue weighted by atomic mass is 10.2. The molecule has 2 aromatic rings. The Bertz CT molecular complexity index is 636. The molecule has 2 N–H and O–H groups in total. The van der Waals surface area contributed by atoms with Gasteiger partial charge < -0.3 is 10.5 Å². The number of nitrogens with two attached hydrogens (primary N) is 1. The summed E-state index contributed by atoms with van der Waals surface area (Å²) in [7, 11) is 1.24. The number of pyridine rings is 1. The lowest BCUT2D eigenvalue weighted by Crippen LogP contribution is -2.06. The molecular weight excluding hydrogens is 402 g/mol. The molecular formula is C13H10BrCl3N2O2. The van der Waals surface area contributed by atoms with Crippen molar-refractivity contribution in [1.82, 2.24) is 4.98 Å². The van der Waals surface area contributed by atoms with Crippen molar-refractivity contribution in [3.63, 3.8) is 0 Å². The molecule has 0 aliphatic carbocycles. The normalized spacial score (nSPS) is 9.57. The monoisotopic (exact) mass is 410 g/mol. The highest BCUT2D eigenvalue weighted by Gasteiger charge is 2.15. The van der Waals surface area contributed by atoms with Crippen LogP contribution in [-0.2, 0) is 4.74 Å². The zero-order valence-corrected chi connectivity index (χ0v) is 14.6. The SMILES string of the molecule is COC(=O)c1cnc(Cl)c(Cl)c1N.Clc1cccc(Br)c1. The highest BCUT2D eigenvalue weighted by molar-refractivity contribution is 9.10. The number of nitrogen functional groups attached to an aromatic ring is 1. The summed E-state index contributed by atoms with van der Waals surface area (Å²) in [5.74, 6) is -0.594. The third-order valence-electron chi connectivity index (χ3n) is 2.21. The van der Waals surface area contributed by atoms with Gasteiger partial charge in [0, 0.05) is 15.7 Å². The predicted octanol–water partition coefficient (Wildman–Crippen LogP) is 4.86. The van der Waals surface area contributed by atoms with E-state index < -0.39 is 5.97 Å². The van der Waals surface area contributed by atoms with E-state index in [0.29, 0.717) is 0 Å². The number of hydrogen-bond donors (Lipinski definition) is 1. The molecule has 8 heteroatoms. The largest absolute Gasteiger partial charge is 0.465 e. The summed E-state index contributed by atoms with van der Waals surface area (Å²) in [6, 6.07) is 7.52. The number of anilines is 1. The van der Waals surface area contributed by atoms with Gasteiger partial charge in [-0.25, -0.2) is 9.78 Å². The number of carbonyl (C=O) groups excluding carboxylic acids is 1. The second-order valence-electron chi connectivity index (χ2n) is 3.62. The Balaban J connectivity index is 0.000000235. The number of hydrogen-bond acceptors (Lipinski definition) is 4. The highest BCUT2D eigenvalue weighted by atomic mass is 79.9. The van der Waals surface area contributed by atoms with Gasteiger partial charge in [-0.05, 0) is 18.2 Å². The number of aromatic nitrogens is 1. The smallest absolute Gasteiger partial charge is 0.341 e. The summed E-state index contributed by atoms with van der Waals surface area (Å²) in [6.45, 7) is 0. The van der Waals surface area contributed by atoms with E-state index in [1.54, 1.807) is 0 Å². The molecule has 0 aliphatic heterocycles. The molecule has 0 amide bonds. The molecule has 0 unspecified atom stereocenters. The molecule has 0 atom stereocenters. The number of esters is 1. The molecule has 0 saturated carbocycles. The molecule has 2 rings (SSSR count). The van der Waals surface area contributed by atoms with E-state index in [1.807, 2.05) is 24.3 Å². The van der Waals surface area contributed by atoms with Gasteiger partial charge in [0.25, 0.3) is 0 Å². The summed E-state index contributed by atoms with van der Waals surface area (Å²) < 4.78 is 5.47. The maximum absolute atomic E-state index is 11.1. The van der Waals surface area contributed by atoms with E-state index in [2.05, 4.69) is 25.7 Å². The van der Waals surface area contributed by atoms with Gasteiger partial charge in [0.1, 0.15) is 15.7 Å². The molecule has 0 saturated heterocycles. The Hall–Kier alpha value is -1.01. The van der Waals surface area contributed by atoms with E-state index in [4.69, 9.17) is 40.5 Å². The van der Waals surface area contributed by atoms with Crippen molar-refractivity contribution >= 4 is 62.4 Å². The lowest BCUT2D eigenvalue weighted by Gasteiger charge is -2.04. The number of benzene rings is 1. The van der Waals surface area contributed by atoms with Crippen LogP contribution in [0.3, 0.4) is 0 Å². The molecule has 1 aromatic carbocycles. The van der Waals surface area contributed by atoms with Crippen LogP contribution in [0.15, 0.2) is 34.9 Å². The van der Waals surface area contributed by atoms with Crippen molar-refractivity contribution < 1.29 is 9.53 Å². The van der Waals surface area contributed by atoms with Crippen LogP contribution < -0.4 is 5.73 Å². The first-order chi connectivity index (χ1) is 9.86. The van der Waals surface area contributed by atoms with Gasteiger partial charge in [-0.3, -0.25) is 0 Å². The summed E-state index contributed by atoms with van der Waals surface area (Å²) in [5.41, 5.74) is 5.69. The first-order valence-electron chi connectivity index (χ1n) is 5.45. The third-order valence-corrected chi connectivity index (χ3v) is 3.70. The summed E-state index contributed by atoms with van der Waals surface area (Å²) >= 11 is 20.1. The number of rotatable bonds is 1. The quantitative estimate of drug-likeness (QED) is 0.537. The predicted molar refractivity (Wildman–Crippen MR) is 89.2 cm³/mol. The van der Waals surface area contributed by atoms with Crippen LogP contribution in [0.5, 0.6) is 0 Å². The summed E-state index contributed by atoms with van der Waals surface area (Å²) in [4.78, 5) is 14.7. The van der Waals surface area contributed by atoms with Gasteiger partial charge in [0.2, 0.25) is 0 Å². The van der Waals surface area contributed by atoms with Gasteiger partial charge in [-0.1, -0.05) is 56.8 Å². The van der Waals surface area contributed by atoms with Gasteiger partial charge in [-0.2, -0.15) is 0 Å². The zero-order valence-electron chi connectivity index (χ0n) is 10.7. The number of halogens is 4. The average Bonchev–Trinajstić information content (AvgIpc) is 2.44. The number of carbonyl (C=O) groups is 1. The number of nitrogens with zero attached hydrogens (tertiary/aromatic N) is 1. The second-order valence-corrected chi connectivity index (χ2v) is 5.71. The van der Waals surface area contributed by atoms with Crippen LogP contribution in [0.1, 0.15) is 10.4 Å². The number of methoxy groups -OCH3 is 1. The van der Waals surface area contributed by atoms with E-state index in [-0.39, 0.29) is 21.4 Å². The molecule has 0 bridgehead atoms. The van der Waals surface area contributed by atoms with Crippen LogP contribution in [0.25, 0.3) is 0 Å². The first-order valence-corrected chi connectivity index (χ1v) is 7.38. The van der Waals surface area contributed by atoms with Crippen LogP contribution >= 0.6 is 50.7 Å². The molecule has 0 aliphatic rings. The minimum atomic E-state index is -0.594. The van der Waals surface area contributed by atoms with Crippen molar-refractivity contribution in [2.45, 2.75) is 0 Å². The van der Waals surface area contributed by atoms with Crippen molar-refractivity contribution in [3.05, 3.63) is 55.7 Å². The molecule has 112 valence electrons. The van der Waals surface area contributed by atoms with Gasteiger partial charge >= 0.3 is 5.97 Å². The van der Waals surface area contributed by atoms with Crippen molar-refractivity contribution in [2.75, 3.05) is 12.8 Å². The molecule has 4 nitrogen and oxygen atoms in total.